The molecule has 1 aromatic heterocycles. The molecule has 0 amide bonds. The van der Waals surface area contributed by atoms with Crippen LogP contribution in [-0.4, -0.2) is 24.1 Å². The molecule has 0 bridgehead atoms. The highest BCUT2D eigenvalue weighted by molar-refractivity contribution is 9.10. The number of halogens is 1. The molecule has 88 valence electrons. The number of aromatic nitrogens is 1. The van der Waals surface area contributed by atoms with Crippen molar-refractivity contribution in [2.75, 3.05) is 18.4 Å². The zero-order valence-electron chi connectivity index (χ0n) is 9.59. The Hall–Kier alpha value is -0.610. The summed E-state index contributed by atoms with van der Waals surface area (Å²) in [5.74, 6) is 1.00. The number of anilines is 1. The van der Waals surface area contributed by atoms with Gasteiger partial charge >= 0.3 is 0 Å². The van der Waals surface area contributed by atoms with Crippen LogP contribution in [0.1, 0.15) is 24.8 Å². The summed E-state index contributed by atoms with van der Waals surface area (Å²) in [4.78, 5) is 4.36. The predicted molar refractivity (Wildman–Crippen MR) is 70.8 cm³/mol. The van der Waals surface area contributed by atoms with Crippen LogP contribution in [0.25, 0.3) is 0 Å². The molecule has 1 aromatic rings. The summed E-state index contributed by atoms with van der Waals surface area (Å²) in [6.45, 7) is 4.25. The van der Waals surface area contributed by atoms with Gasteiger partial charge < -0.3 is 10.6 Å². The number of rotatable bonds is 4. The maximum atomic E-state index is 4.36. The number of pyridine rings is 1. The molecule has 0 aliphatic carbocycles. The first-order valence-electron chi connectivity index (χ1n) is 5.85. The number of hydrogen-bond donors (Lipinski definition) is 2. The van der Waals surface area contributed by atoms with Gasteiger partial charge in [0.05, 0.1) is 0 Å². The fourth-order valence-corrected chi connectivity index (χ4v) is 2.54. The molecule has 2 rings (SSSR count). The molecule has 4 heteroatoms. The number of aryl methyl sites for hydroxylation is 1. The summed E-state index contributed by atoms with van der Waals surface area (Å²) in [5, 5.41) is 6.89. The van der Waals surface area contributed by atoms with Crippen molar-refractivity contribution < 1.29 is 0 Å². The second-order valence-corrected chi connectivity index (χ2v) is 5.24. The third-order valence-electron chi connectivity index (χ3n) is 2.99. The number of nitrogens with zero attached hydrogens (tertiary/aromatic N) is 1. The molecular weight excluding hydrogens is 266 g/mol. The van der Waals surface area contributed by atoms with E-state index in [4.69, 9.17) is 0 Å². The Morgan fingerprint density at radius 2 is 2.50 bits per heavy atom. The smallest absolute Gasteiger partial charge is 0.128 e. The highest BCUT2D eigenvalue weighted by Crippen LogP contribution is 2.17. The first-order valence-corrected chi connectivity index (χ1v) is 6.64. The van der Waals surface area contributed by atoms with Gasteiger partial charge in [-0.25, -0.2) is 4.98 Å². The third kappa shape index (κ3) is 3.19. The Morgan fingerprint density at radius 3 is 3.19 bits per heavy atom. The van der Waals surface area contributed by atoms with Gasteiger partial charge in [-0.1, -0.05) is 0 Å². The standard InChI is InChI=1S/C12H18BrN3/c1-9-7-10(13)8-16-12(9)15-6-4-11-3-2-5-14-11/h7-8,11,14H,2-6H2,1H3,(H,15,16)/t11-/m0/s1. The van der Waals surface area contributed by atoms with Crippen molar-refractivity contribution >= 4 is 21.7 Å². The quantitative estimate of drug-likeness (QED) is 0.892. The second kappa shape index (κ2) is 5.64. The molecule has 1 aliphatic rings. The van der Waals surface area contributed by atoms with E-state index in [0.29, 0.717) is 6.04 Å². The van der Waals surface area contributed by atoms with Gasteiger partial charge in [0, 0.05) is 23.3 Å². The van der Waals surface area contributed by atoms with Crippen LogP contribution in [0, 0.1) is 6.92 Å². The molecule has 3 nitrogen and oxygen atoms in total. The van der Waals surface area contributed by atoms with Gasteiger partial charge in [-0.3, -0.25) is 0 Å². The van der Waals surface area contributed by atoms with Crippen molar-refractivity contribution in [1.29, 1.82) is 0 Å². The van der Waals surface area contributed by atoms with E-state index in [1.807, 2.05) is 6.20 Å². The molecule has 2 heterocycles. The van der Waals surface area contributed by atoms with Crippen LogP contribution >= 0.6 is 15.9 Å². The zero-order chi connectivity index (χ0) is 11.4. The van der Waals surface area contributed by atoms with Crippen molar-refractivity contribution in [2.24, 2.45) is 0 Å². The van der Waals surface area contributed by atoms with E-state index < -0.39 is 0 Å². The monoisotopic (exact) mass is 283 g/mol. The summed E-state index contributed by atoms with van der Waals surface area (Å²) in [5.41, 5.74) is 1.19. The van der Waals surface area contributed by atoms with Crippen LogP contribution < -0.4 is 10.6 Å². The topological polar surface area (TPSA) is 37.0 Å². The Labute approximate surface area is 105 Å². The van der Waals surface area contributed by atoms with Crippen LogP contribution in [-0.2, 0) is 0 Å². The Morgan fingerprint density at radius 1 is 1.62 bits per heavy atom. The maximum absolute atomic E-state index is 4.36. The first kappa shape index (κ1) is 11.9. The maximum Gasteiger partial charge on any atom is 0.128 e. The summed E-state index contributed by atoms with van der Waals surface area (Å²) in [7, 11) is 0. The van der Waals surface area contributed by atoms with Gasteiger partial charge in [-0.05, 0) is 60.3 Å². The van der Waals surface area contributed by atoms with E-state index in [2.05, 4.69) is 44.5 Å². The van der Waals surface area contributed by atoms with Crippen LogP contribution in [0.5, 0.6) is 0 Å². The van der Waals surface area contributed by atoms with E-state index in [1.165, 1.54) is 31.4 Å². The molecule has 0 radical (unpaired) electrons. The minimum absolute atomic E-state index is 0.697. The molecule has 0 aromatic carbocycles. The highest BCUT2D eigenvalue weighted by Gasteiger charge is 2.13. The Kier molecular flexibility index (Phi) is 4.18. The van der Waals surface area contributed by atoms with E-state index in [0.717, 1.165) is 16.8 Å². The fraction of sp³-hybridized carbons (Fsp3) is 0.583. The van der Waals surface area contributed by atoms with Gasteiger partial charge in [0.2, 0.25) is 0 Å². The lowest BCUT2D eigenvalue weighted by Crippen LogP contribution is -2.24. The van der Waals surface area contributed by atoms with Crippen LogP contribution in [0.2, 0.25) is 0 Å². The molecular formula is C12H18BrN3. The molecule has 1 saturated heterocycles. The van der Waals surface area contributed by atoms with Crippen molar-refractivity contribution in [2.45, 2.75) is 32.2 Å². The molecule has 1 aliphatic heterocycles. The minimum atomic E-state index is 0.697. The summed E-state index contributed by atoms with van der Waals surface area (Å²) >= 11 is 3.42. The molecule has 0 spiro atoms. The van der Waals surface area contributed by atoms with Crippen molar-refractivity contribution in [3.63, 3.8) is 0 Å². The Balaban J connectivity index is 1.80. The average Bonchev–Trinajstić information content (AvgIpc) is 2.74. The first-order chi connectivity index (χ1) is 7.75. The van der Waals surface area contributed by atoms with Crippen LogP contribution in [0.3, 0.4) is 0 Å². The normalized spacial score (nSPS) is 20.0. The average molecular weight is 284 g/mol. The van der Waals surface area contributed by atoms with Crippen LogP contribution in [0.15, 0.2) is 16.7 Å². The van der Waals surface area contributed by atoms with Crippen molar-refractivity contribution in [3.05, 3.63) is 22.3 Å². The molecule has 1 atom stereocenters. The van der Waals surface area contributed by atoms with Gasteiger partial charge in [-0.15, -0.1) is 0 Å². The number of nitrogens with one attached hydrogen (secondary N) is 2. The Bertz CT molecular complexity index is 348. The second-order valence-electron chi connectivity index (χ2n) is 4.33. The SMILES string of the molecule is Cc1cc(Br)cnc1NCC[C@@H]1CCCN1. The summed E-state index contributed by atoms with van der Waals surface area (Å²) < 4.78 is 1.04. The van der Waals surface area contributed by atoms with Crippen LogP contribution in [0.4, 0.5) is 5.82 Å². The van der Waals surface area contributed by atoms with Crippen molar-refractivity contribution in [3.8, 4) is 0 Å². The van der Waals surface area contributed by atoms with Crippen molar-refractivity contribution in [1.82, 2.24) is 10.3 Å². The number of hydrogen-bond acceptors (Lipinski definition) is 3. The van der Waals surface area contributed by atoms with E-state index in [9.17, 15) is 0 Å². The van der Waals surface area contributed by atoms with Gasteiger partial charge in [0.1, 0.15) is 5.82 Å². The lowest BCUT2D eigenvalue weighted by Gasteiger charge is -2.12. The fourth-order valence-electron chi connectivity index (χ4n) is 2.09. The minimum Gasteiger partial charge on any atom is -0.370 e. The lowest BCUT2D eigenvalue weighted by atomic mass is 10.1. The van der Waals surface area contributed by atoms with Gasteiger partial charge in [-0.2, -0.15) is 0 Å². The summed E-state index contributed by atoms with van der Waals surface area (Å²) in [6.07, 6.45) is 5.65. The largest absolute Gasteiger partial charge is 0.370 e. The van der Waals surface area contributed by atoms with E-state index >= 15 is 0 Å². The molecule has 16 heavy (non-hydrogen) atoms. The molecule has 0 unspecified atom stereocenters. The van der Waals surface area contributed by atoms with E-state index in [1.54, 1.807) is 0 Å². The highest BCUT2D eigenvalue weighted by atomic mass is 79.9. The summed E-state index contributed by atoms with van der Waals surface area (Å²) in [6, 6.07) is 2.78. The predicted octanol–water partition coefficient (Wildman–Crippen LogP) is 2.71. The molecule has 2 N–H and O–H groups in total. The lowest BCUT2D eigenvalue weighted by molar-refractivity contribution is 0.574. The van der Waals surface area contributed by atoms with Gasteiger partial charge in [0.25, 0.3) is 0 Å². The molecule has 1 fully saturated rings. The zero-order valence-corrected chi connectivity index (χ0v) is 11.2. The van der Waals surface area contributed by atoms with Gasteiger partial charge in [0.15, 0.2) is 0 Å². The third-order valence-corrected chi connectivity index (χ3v) is 3.43. The van der Waals surface area contributed by atoms with E-state index in [-0.39, 0.29) is 0 Å². The molecule has 0 saturated carbocycles.